The summed E-state index contributed by atoms with van der Waals surface area (Å²) in [6.07, 6.45) is 4.44. The van der Waals surface area contributed by atoms with Crippen LogP contribution in [0.25, 0.3) is 0 Å². The Morgan fingerprint density at radius 3 is 3.00 bits per heavy atom. The number of ether oxygens (including phenoxy) is 1. The van der Waals surface area contributed by atoms with Crippen LogP contribution in [0, 0.1) is 5.92 Å². The van der Waals surface area contributed by atoms with Gasteiger partial charge in [-0.1, -0.05) is 12.2 Å². The van der Waals surface area contributed by atoms with Gasteiger partial charge in [-0.05, 0) is 13.3 Å². The van der Waals surface area contributed by atoms with Gasteiger partial charge < -0.3 is 9.84 Å². The molecule has 1 N–H and O–H groups in total. The van der Waals surface area contributed by atoms with Crippen molar-refractivity contribution in [2.75, 3.05) is 6.61 Å². The number of carboxylic acid groups (broad SMARTS) is 1. The maximum atomic E-state index is 10.5. The average molecular weight is 156 g/mol. The van der Waals surface area contributed by atoms with Gasteiger partial charge in [-0.25, -0.2) is 0 Å². The van der Waals surface area contributed by atoms with Crippen LogP contribution < -0.4 is 0 Å². The van der Waals surface area contributed by atoms with Crippen LogP contribution in [-0.2, 0) is 9.53 Å². The molecule has 0 aliphatic carbocycles. The Kier molecular flexibility index (Phi) is 2.65. The highest BCUT2D eigenvalue weighted by Gasteiger charge is 2.22. The van der Waals surface area contributed by atoms with E-state index in [-0.39, 0.29) is 6.10 Å². The van der Waals surface area contributed by atoms with Gasteiger partial charge in [0.05, 0.1) is 18.6 Å². The van der Waals surface area contributed by atoms with Crippen LogP contribution in [0.4, 0.5) is 0 Å². The molecule has 0 bridgehead atoms. The maximum absolute atomic E-state index is 10.5. The minimum atomic E-state index is -0.804. The fraction of sp³-hybridized carbons (Fsp3) is 0.625. The zero-order valence-electron chi connectivity index (χ0n) is 6.49. The lowest BCUT2D eigenvalue weighted by molar-refractivity contribution is -0.145. The average Bonchev–Trinajstić information content (AvgIpc) is 2.05. The standard InChI is InChI=1S/C8H12O3/c1-6(8(9)10)7-4-2-3-5-11-7/h2,4,6-7H,3,5H2,1H3,(H,9,10)/t6-,7+/m0/s1. The zero-order chi connectivity index (χ0) is 8.27. The molecule has 1 rings (SSSR count). The van der Waals surface area contributed by atoms with Crippen LogP contribution in [0.2, 0.25) is 0 Å². The van der Waals surface area contributed by atoms with Crippen molar-refractivity contribution in [1.29, 1.82) is 0 Å². The Bertz CT molecular complexity index is 174. The third-order valence-corrected chi connectivity index (χ3v) is 1.80. The molecule has 0 fully saturated rings. The van der Waals surface area contributed by atoms with Crippen molar-refractivity contribution in [3.05, 3.63) is 12.2 Å². The fourth-order valence-corrected chi connectivity index (χ4v) is 1.01. The van der Waals surface area contributed by atoms with E-state index >= 15 is 0 Å². The zero-order valence-corrected chi connectivity index (χ0v) is 6.49. The molecule has 11 heavy (non-hydrogen) atoms. The second-order valence-corrected chi connectivity index (χ2v) is 2.68. The van der Waals surface area contributed by atoms with E-state index in [1.54, 1.807) is 6.92 Å². The molecule has 1 heterocycles. The number of aliphatic carboxylic acids is 1. The molecule has 1 aliphatic rings. The highest BCUT2D eigenvalue weighted by atomic mass is 16.5. The van der Waals surface area contributed by atoms with Crippen LogP contribution in [0.15, 0.2) is 12.2 Å². The van der Waals surface area contributed by atoms with Crippen molar-refractivity contribution in [2.24, 2.45) is 5.92 Å². The van der Waals surface area contributed by atoms with Crippen LogP contribution in [0.3, 0.4) is 0 Å². The van der Waals surface area contributed by atoms with Gasteiger partial charge in [-0.2, -0.15) is 0 Å². The summed E-state index contributed by atoms with van der Waals surface area (Å²) < 4.78 is 5.23. The van der Waals surface area contributed by atoms with E-state index in [0.29, 0.717) is 6.61 Å². The minimum Gasteiger partial charge on any atom is -0.481 e. The first-order valence-corrected chi connectivity index (χ1v) is 3.73. The third-order valence-electron chi connectivity index (χ3n) is 1.80. The summed E-state index contributed by atoms with van der Waals surface area (Å²) in [5.41, 5.74) is 0. The second kappa shape index (κ2) is 3.53. The molecule has 0 aromatic rings. The summed E-state index contributed by atoms with van der Waals surface area (Å²) in [7, 11) is 0. The van der Waals surface area contributed by atoms with Gasteiger partial charge in [0.25, 0.3) is 0 Å². The van der Waals surface area contributed by atoms with E-state index in [2.05, 4.69) is 0 Å². The molecule has 0 aromatic heterocycles. The first kappa shape index (κ1) is 8.27. The van der Waals surface area contributed by atoms with E-state index < -0.39 is 11.9 Å². The first-order chi connectivity index (χ1) is 5.22. The van der Waals surface area contributed by atoms with Gasteiger partial charge in [-0.15, -0.1) is 0 Å². The maximum Gasteiger partial charge on any atom is 0.309 e. The van der Waals surface area contributed by atoms with Gasteiger partial charge in [0.1, 0.15) is 0 Å². The Labute approximate surface area is 65.7 Å². The van der Waals surface area contributed by atoms with E-state index in [1.807, 2.05) is 12.2 Å². The van der Waals surface area contributed by atoms with E-state index in [4.69, 9.17) is 9.84 Å². The lowest BCUT2D eigenvalue weighted by atomic mass is 10.0. The van der Waals surface area contributed by atoms with Gasteiger partial charge in [-0.3, -0.25) is 4.79 Å². The van der Waals surface area contributed by atoms with E-state index in [9.17, 15) is 4.79 Å². The van der Waals surface area contributed by atoms with Gasteiger partial charge in [0, 0.05) is 0 Å². The normalized spacial score (nSPS) is 26.5. The lowest BCUT2D eigenvalue weighted by Crippen LogP contribution is -2.28. The molecule has 3 heteroatoms. The lowest BCUT2D eigenvalue weighted by Gasteiger charge is -2.20. The number of hydrogen-bond acceptors (Lipinski definition) is 2. The summed E-state index contributed by atoms with van der Waals surface area (Å²) >= 11 is 0. The van der Waals surface area contributed by atoms with Crippen LogP contribution in [0.5, 0.6) is 0 Å². The fourth-order valence-electron chi connectivity index (χ4n) is 1.01. The number of carboxylic acids is 1. The Morgan fingerprint density at radius 2 is 2.55 bits per heavy atom. The van der Waals surface area contributed by atoms with Crippen molar-refractivity contribution in [2.45, 2.75) is 19.4 Å². The SMILES string of the molecule is C[C@H](C(=O)O)[C@H]1C=CCCO1. The van der Waals surface area contributed by atoms with Crippen LogP contribution in [0.1, 0.15) is 13.3 Å². The van der Waals surface area contributed by atoms with Crippen molar-refractivity contribution < 1.29 is 14.6 Å². The second-order valence-electron chi connectivity index (χ2n) is 2.68. The summed E-state index contributed by atoms with van der Waals surface area (Å²) in [4.78, 5) is 10.5. The highest BCUT2D eigenvalue weighted by molar-refractivity contribution is 5.70. The van der Waals surface area contributed by atoms with Gasteiger partial charge in [0.2, 0.25) is 0 Å². The summed E-state index contributed by atoms with van der Waals surface area (Å²) in [6, 6.07) is 0. The minimum absolute atomic E-state index is 0.235. The summed E-state index contributed by atoms with van der Waals surface area (Å²) in [5, 5.41) is 8.62. The van der Waals surface area contributed by atoms with Crippen LogP contribution in [-0.4, -0.2) is 23.8 Å². The monoisotopic (exact) mass is 156 g/mol. The molecule has 0 saturated heterocycles. The molecule has 0 aromatic carbocycles. The summed E-state index contributed by atoms with van der Waals surface area (Å²) in [6.45, 7) is 2.29. The molecular weight excluding hydrogens is 144 g/mol. The Balaban J connectivity index is 2.52. The molecule has 2 atom stereocenters. The molecule has 62 valence electrons. The predicted octanol–water partition coefficient (Wildman–Crippen LogP) is 1.05. The van der Waals surface area contributed by atoms with Gasteiger partial charge >= 0.3 is 5.97 Å². The van der Waals surface area contributed by atoms with E-state index in [1.165, 1.54) is 0 Å². The Morgan fingerprint density at radius 1 is 1.82 bits per heavy atom. The highest BCUT2D eigenvalue weighted by Crippen LogP contribution is 2.13. The third kappa shape index (κ3) is 2.05. The van der Waals surface area contributed by atoms with Crippen LogP contribution >= 0.6 is 0 Å². The number of hydrogen-bond donors (Lipinski definition) is 1. The van der Waals surface area contributed by atoms with Crippen molar-refractivity contribution >= 4 is 5.97 Å². The van der Waals surface area contributed by atoms with E-state index in [0.717, 1.165) is 6.42 Å². The first-order valence-electron chi connectivity index (χ1n) is 3.73. The van der Waals surface area contributed by atoms with Crippen molar-refractivity contribution in [3.8, 4) is 0 Å². The molecular formula is C8H12O3. The largest absolute Gasteiger partial charge is 0.481 e. The topological polar surface area (TPSA) is 46.5 Å². The quantitative estimate of drug-likeness (QED) is 0.608. The molecule has 0 spiro atoms. The predicted molar refractivity (Wildman–Crippen MR) is 40.3 cm³/mol. The van der Waals surface area contributed by atoms with Crippen molar-refractivity contribution in [3.63, 3.8) is 0 Å². The molecule has 0 unspecified atom stereocenters. The smallest absolute Gasteiger partial charge is 0.309 e. The van der Waals surface area contributed by atoms with Gasteiger partial charge in [0.15, 0.2) is 0 Å². The molecule has 1 aliphatic heterocycles. The Hall–Kier alpha value is -0.830. The molecule has 3 nitrogen and oxygen atoms in total. The number of carbonyl (C=O) groups is 1. The summed E-state index contributed by atoms with van der Waals surface area (Å²) in [5.74, 6) is -1.24. The molecule has 0 radical (unpaired) electrons. The van der Waals surface area contributed by atoms with Crippen molar-refractivity contribution in [1.82, 2.24) is 0 Å². The molecule has 0 saturated carbocycles. The number of rotatable bonds is 2. The molecule has 0 amide bonds.